The van der Waals surface area contributed by atoms with E-state index in [4.69, 9.17) is 0 Å². The van der Waals surface area contributed by atoms with Gasteiger partial charge in [-0.1, -0.05) is 0 Å². The van der Waals surface area contributed by atoms with Crippen LogP contribution in [0.15, 0.2) is 42.5 Å². The smallest absolute Gasteiger partial charge is 0.334 e. The average molecular weight is 438 g/mol. The van der Waals surface area contributed by atoms with Crippen molar-refractivity contribution in [3.8, 4) is 0 Å². The van der Waals surface area contributed by atoms with E-state index in [-0.39, 0.29) is 12.1 Å². The van der Waals surface area contributed by atoms with E-state index >= 15 is 0 Å². The van der Waals surface area contributed by atoms with Crippen LogP contribution < -0.4 is 10.6 Å². The van der Waals surface area contributed by atoms with E-state index in [9.17, 15) is 22.4 Å². The van der Waals surface area contributed by atoms with Crippen molar-refractivity contribution in [1.29, 1.82) is 0 Å². The highest BCUT2D eigenvalue weighted by atomic mass is 127. The van der Waals surface area contributed by atoms with Crippen molar-refractivity contribution in [2.24, 2.45) is 0 Å². The molecule has 0 spiro atoms. The number of amides is 2. The van der Waals surface area contributed by atoms with E-state index in [1.165, 1.54) is 0 Å². The molecule has 23 heavy (non-hydrogen) atoms. The number of hydrogen-bond acceptors (Lipinski definition) is 1. The van der Waals surface area contributed by atoms with Crippen LogP contribution >= 0.6 is 22.6 Å². The number of anilines is 1. The molecule has 3 nitrogen and oxygen atoms in total. The van der Waals surface area contributed by atoms with Gasteiger partial charge in [-0.3, -0.25) is 0 Å². The Morgan fingerprint density at radius 2 is 1.74 bits per heavy atom. The van der Waals surface area contributed by atoms with E-state index in [1.54, 1.807) is 24.3 Å². The molecule has 0 saturated heterocycles. The maximum atomic E-state index is 13.2. The van der Waals surface area contributed by atoms with Crippen LogP contribution in [0.2, 0.25) is 0 Å². The SMILES string of the molecule is O=C(NCc1cc(F)cc(C(F)(F)F)c1)Nc1ccc(I)cc1. The summed E-state index contributed by atoms with van der Waals surface area (Å²) in [5.74, 6) is -1.00. The average Bonchev–Trinajstić information content (AvgIpc) is 2.46. The number of carbonyl (C=O) groups excluding carboxylic acids is 1. The number of halogens is 5. The molecule has 0 fully saturated rings. The first-order valence-electron chi connectivity index (χ1n) is 6.41. The standard InChI is InChI=1S/C15H11F4IN2O/c16-11-6-9(5-10(7-11)15(17,18)19)8-21-14(23)22-13-3-1-12(20)2-4-13/h1-7H,8H2,(H2,21,22,23). The van der Waals surface area contributed by atoms with Crippen LogP contribution in [0, 0.1) is 9.39 Å². The third kappa shape index (κ3) is 5.38. The predicted octanol–water partition coefficient (Wildman–Crippen LogP) is 4.77. The molecular formula is C15H11F4IN2O. The molecule has 0 aliphatic carbocycles. The van der Waals surface area contributed by atoms with E-state index < -0.39 is 23.6 Å². The third-order valence-corrected chi connectivity index (χ3v) is 3.56. The lowest BCUT2D eigenvalue weighted by Crippen LogP contribution is -2.28. The van der Waals surface area contributed by atoms with Crippen molar-refractivity contribution in [1.82, 2.24) is 5.32 Å². The fourth-order valence-electron chi connectivity index (χ4n) is 1.81. The Kier molecular flexibility index (Phi) is 5.45. The minimum atomic E-state index is -4.64. The molecule has 2 amide bonds. The zero-order valence-electron chi connectivity index (χ0n) is 11.5. The van der Waals surface area contributed by atoms with Gasteiger partial charge in [0.05, 0.1) is 5.56 Å². The predicted molar refractivity (Wildman–Crippen MR) is 86.4 cm³/mol. The van der Waals surface area contributed by atoms with Gasteiger partial charge in [0.1, 0.15) is 5.82 Å². The summed E-state index contributed by atoms with van der Waals surface area (Å²) in [6, 6.07) is 8.51. The number of hydrogen-bond donors (Lipinski definition) is 2. The van der Waals surface area contributed by atoms with E-state index in [2.05, 4.69) is 33.2 Å². The molecule has 0 aliphatic rings. The van der Waals surface area contributed by atoms with Gasteiger partial charge in [-0.2, -0.15) is 13.2 Å². The Morgan fingerprint density at radius 3 is 2.35 bits per heavy atom. The molecule has 2 rings (SSSR count). The molecule has 122 valence electrons. The first kappa shape index (κ1) is 17.5. The lowest BCUT2D eigenvalue weighted by molar-refractivity contribution is -0.137. The Bertz CT molecular complexity index is 702. The maximum absolute atomic E-state index is 13.2. The van der Waals surface area contributed by atoms with Crippen molar-refractivity contribution < 1.29 is 22.4 Å². The van der Waals surface area contributed by atoms with Crippen LogP contribution in [0.4, 0.5) is 28.0 Å². The van der Waals surface area contributed by atoms with Gasteiger partial charge in [-0.05, 0) is 70.6 Å². The second kappa shape index (κ2) is 7.16. The number of urea groups is 1. The quantitative estimate of drug-likeness (QED) is 0.526. The fourth-order valence-corrected chi connectivity index (χ4v) is 2.17. The normalized spacial score (nSPS) is 11.2. The van der Waals surface area contributed by atoms with Gasteiger partial charge in [-0.25, -0.2) is 9.18 Å². The van der Waals surface area contributed by atoms with Crippen molar-refractivity contribution in [2.45, 2.75) is 12.7 Å². The molecule has 2 aromatic carbocycles. The molecule has 0 unspecified atom stereocenters. The van der Waals surface area contributed by atoms with Gasteiger partial charge in [0, 0.05) is 15.8 Å². The molecule has 0 atom stereocenters. The molecule has 0 bridgehead atoms. The molecule has 8 heteroatoms. The summed E-state index contributed by atoms with van der Waals surface area (Å²) in [7, 11) is 0. The molecule has 2 aromatic rings. The Hall–Kier alpha value is -1.84. The highest BCUT2D eigenvalue weighted by molar-refractivity contribution is 14.1. The lowest BCUT2D eigenvalue weighted by Gasteiger charge is -2.11. The van der Waals surface area contributed by atoms with Gasteiger partial charge in [0.25, 0.3) is 0 Å². The number of rotatable bonds is 3. The van der Waals surface area contributed by atoms with E-state index in [0.29, 0.717) is 11.8 Å². The van der Waals surface area contributed by atoms with Gasteiger partial charge in [-0.15, -0.1) is 0 Å². The van der Waals surface area contributed by atoms with Crippen molar-refractivity contribution in [3.63, 3.8) is 0 Å². The topological polar surface area (TPSA) is 41.1 Å². The monoisotopic (exact) mass is 438 g/mol. The van der Waals surface area contributed by atoms with Crippen LogP contribution in [-0.4, -0.2) is 6.03 Å². The summed E-state index contributed by atoms with van der Waals surface area (Å²) in [4.78, 5) is 11.7. The van der Waals surface area contributed by atoms with E-state index in [0.717, 1.165) is 15.7 Å². The summed E-state index contributed by atoms with van der Waals surface area (Å²) in [5.41, 5.74) is -0.527. The van der Waals surface area contributed by atoms with Gasteiger partial charge >= 0.3 is 12.2 Å². The molecular weight excluding hydrogens is 427 g/mol. The summed E-state index contributed by atoms with van der Waals surface area (Å²) in [6.45, 7) is -0.225. The fraction of sp³-hybridized carbons (Fsp3) is 0.133. The van der Waals surface area contributed by atoms with Crippen molar-refractivity contribution >= 4 is 34.3 Å². The number of benzene rings is 2. The highest BCUT2D eigenvalue weighted by Gasteiger charge is 2.31. The van der Waals surface area contributed by atoms with E-state index in [1.807, 2.05) is 0 Å². The Morgan fingerprint density at radius 1 is 1.09 bits per heavy atom. The van der Waals surface area contributed by atoms with Crippen LogP contribution in [-0.2, 0) is 12.7 Å². The number of nitrogens with one attached hydrogen (secondary N) is 2. The number of carbonyl (C=O) groups is 1. The summed E-state index contributed by atoms with van der Waals surface area (Å²) < 4.78 is 52.0. The van der Waals surface area contributed by atoms with Crippen molar-refractivity contribution in [3.05, 3.63) is 63.0 Å². The molecule has 2 N–H and O–H groups in total. The molecule has 0 saturated carbocycles. The van der Waals surface area contributed by atoms with Crippen LogP contribution in [0.3, 0.4) is 0 Å². The highest BCUT2D eigenvalue weighted by Crippen LogP contribution is 2.30. The Labute approximate surface area is 143 Å². The van der Waals surface area contributed by atoms with Gasteiger partial charge in [0.2, 0.25) is 0 Å². The van der Waals surface area contributed by atoms with Crippen LogP contribution in [0.25, 0.3) is 0 Å². The zero-order chi connectivity index (χ0) is 17.0. The second-order valence-electron chi connectivity index (χ2n) is 4.66. The maximum Gasteiger partial charge on any atom is 0.416 e. The lowest BCUT2D eigenvalue weighted by atomic mass is 10.1. The summed E-state index contributed by atoms with van der Waals surface area (Å²) in [6.07, 6.45) is -4.64. The molecule has 0 aliphatic heterocycles. The van der Waals surface area contributed by atoms with Gasteiger partial charge in [0.15, 0.2) is 0 Å². The third-order valence-electron chi connectivity index (χ3n) is 2.84. The summed E-state index contributed by atoms with van der Waals surface area (Å²) >= 11 is 2.11. The van der Waals surface area contributed by atoms with Gasteiger partial charge < -0.3 is 10.6 Å². The molecule has 0 heterocycles. The zero-order valence-corrected chi connectivity index (χ0v) is 13.7. The first-order valence-corrected chi connectivity index (χ1v) is 7.49. The minimum Gasteiger partial charge on any atom is -0.334 e. The van der Waals surface area contributed by atoms with Crippen LogP contribution in [0.5, 0.6) is 0 Å². The largest absolute Gasteiger partial charge is 0.416 e. The summed E-state index contributed by atoms with van der Waals surface area (Å²) in [5, 5.41) is 4.91. The molecule has 0 radical (unpaired) electrons. The first-order chi connectivity index (χ1) is 10.7. The number of alkyl halides is 3. The van der Waals surface area contributed by atoms with Crippen molar-refractivity contribution in [2.75, 3.05) is 5.32 Å². The molecule has 0 aromatic heterocycles. The van der Waals surface area contributed by atoms with Crippen LogP contribution in [0.1, 0.15) is 11.1 Å². The minimum absolute atomic E-state index is 0.0232. The second-order valence-corrected chi connectivity index (χ2v) is 5.91. The Balaban J connectivity index is 1.99.